The molecule has 0 spiro atoms. The lowest BCUT2D eigenvalue weighted by atomic mass is 9.79. The third kappa shape index (κ3) is 9.01. The molecule has 3 heterocycles. The molecule has 5 fully saturated rings. The summed E-state index contributed by atoms with van der Waals surface area (Å²) in [5.41, 5.74) is 6.36. The molecule has 48 heavy (non-hydrogen) atoms. The molecule has 0 aromatic heterocycles. The Balaban J connectivity index is 1.24. The molecule has 10 nitrogen and oxygen atoms in total. The van der Waals surface area contributed by atoms with Crippen molar-refractivity contribution in [1.29, 1.82) is 0 Å². The number of methoxy groups -OCH3 is 1. The van der Waals surface area contributed by atoms with Crippen LogP contribution in [0.4, 0.5) is 8.78 Å². The summed E-state index contributed by atoms with van der Waals surface area (Å²) in [7, 11) is 2.19. The minimum Gasteiger partial charge on any atom is -0.375 e. The lowest BCUT2D eigenvalue weighted by Crippen LogP contribution is -2.75. The lowest BCUT2D eigenvalue weighted by Gasteiger charge is -2.50. The molecule has 3 aliphatic heterocycles. The van der Waals surface area contributed by atoms with E-state index in [1.807, 2.05) is 0 Å². The van der Waals surface area contributed by atoms with Crippen LogP contribution in [0.15, 0.2) is 0 Å². The summed E-state index contributed by atoms with van der Waals surface area (Å²) in [6, 6.07) is 0.335. The van der Waals surface area contributed by atoms with Crippen LogP contribution in [0.1, 0.15) is 85.0 Å². The van der Waals surface area contributed by atoms with Crippen LogP contribution in [-0.2, 0) is 14.6 Å². The maximum Gasteiger partial charge on any atom is 0.158 e. The van der Waals surface area contributed by atoms with Crippen LogP contribution in [0.3, 0.4) is 0 Å². The van der Waals surface area contributed by atoms with Crippen molar-refractivity contribution in [2.45, 2.75) is 154 Å². The summed E-state index contributed by atoms with van der Waals surface area (Å²) < 4.78 is 64.1. The first-order chi connectivity index (χ1) is 22.7. The van der Waals surface area contributed by atoms with E-state index in [1.165, 1.54) is 18.2 Å². The van der Waals surface area contributed by atoms with Gasteiger partial charge in [-0.1, -0.05) is 6.42 Å². The zero-order valence-electron chi connectivity index (χ0n) is 29.8. The largest absolute Gasteiger partial charge is 0.375 e. The minimum atomic E-state index is -3.81. The first-order valence-electron chi connectivity index (χ1n) is 18.2. The van der Waals surface area contributed by atoms with Gasteiger partial charge in [-0.25, -0.2) is 22.6 Å². The molecule has 15 heteroatoms. The highest BCUT2D eigenvalue weighted by molar-refractivity contribution is 8.00. The Labute approximate surface area is 297 Å². The molecule has 0 amide bonds. The van der Waals surface area contributed by atoms with E-state index in [-0.39, 0.29) is 41.8 Å². The van der Waals surface area contributed by atoms with Gasteiger partial charge in [-0.05, 0) is 118 Å². The molecule has 12 atom stereocenters. The molecule has 0 aromatic rings. The zero-order chi connectivity index (χ0) is 34.8. The molecule has 2 aliphatic carbocycles. The monoisotopic (exact) mass is 741 g/mol. The highest BCUT2D eigenvalue weighted by Gasteiger charge is 2.53. The van der Waals surface area contributed by atoms with Crippen molar-refractivity contribution < 1.29 is 21.9 Å². The number of ether oxygens (including phenoxy) is 1. The molecule has 3 saturated heterocycles. The number of piperidine rings is 1. The molecule has 280 valence electrons. The number of thioether (sulfide) groups is 1. The van der Waals surface area contributed by atoms with Crippen molar-refractivity contribution in [3.8, 4) is 0 Å². The predicted molar refractivity (Wildman–Crippen MR) is 192 cm³/mol. The molecule has 5 aliphatic rings. The molecule has 0 bridgehead atoms. The van der Waals surface area contributed by atoms with Crippen molar-refractivity contribution >= 4 is 33.2 Å². The Morgan fingerprint density at radius 1 is 1.04 bits per heavy atom. The van der Waals surface area contributed by atoms with Gasteiger partial charge in [0, 0.05) is 24.3 Å². The number of nitrogens with one attached hydrogen (secondary N) is 5. The number of rotatable bonds is 12. The normalized spacial score (nSPS) is 41.2. The standard InChI is InChI=1S/C33H62ClF2N7O3S2/c1-20-18-27(41-40-20)37-30-29(46-6)31(43-16-13-21(14-17-43)12-15-42(4)5)39-32(38-30)47-26-11-10-22(19-25(26)35)48(44,45)33(2,3)23-8-7-9-24(34)28(23)36/h20-32,37-41H,7-19H2,1-6H3. The predicted octanol–water partition coefficient (Wildman–Crippen LogP) is 3.53. The first-order valence-corrected chi connectivity index (χ1v) is 21.2. The SMILES string of the molecule is COC1C(NC2CC(C)NN2)NC(SC2CCC(S(=O)(=O)C(C)(C)C3CCCC(Cl)C3F)CC2F)NC1N1CCC(CCN(C)C)CC1. The number of hydrazine groups is 1. The number of sulfone groups is 1. The van der Waals surface area contributed by atoms with E-state index < -0.39 is 43.5 Å². The van der Waals surface area contributed by atoms with E-state index in [1.54, 1.807) is 21.0 Å². The fraction of sp³-hybridized carbons (Fsp3) is 1.00. The molecule has 0 aromatic carbocycles. The van der Waals surface area contributed by atoms with Crippen LogP contribution in [0.2, 0.25) is 0 Å². The van der Waals surface area contributed by atoms with Gasteiger partial charge in [-0.15, -0.1) is 23.4 Å². The Morgan fingerprint density at radius 3 is 2.40 bits per heavy atom. The fourth-order valence-electron chi connectivity index (χ4n) is 8.68. The maximum atomic E-state index is 16.1. The van der Waals surface area contributed by atoms with E-state index >= 15 is 8.78 Å². The highest BCUT2D eigenvalue weighted by atomic mass is 35.5. The summed E-state index contributed by atoms with van der Waals surface area (Å²) in [6.45, 7) is 8.42. The Hall–Kier alpha value is 0.130. The number of alkyl halides is 3. The Morgan fingerprint density at radius 2 is 1.77 bits per heavy atom. The summed E-state index contributed by atoms with van der Waals surface area (Å²) >= 11 is 7.76. The van der Waals surface area contributed by atoms with E-state index in [2.05, 4.69) is 57.6 Å². The van der Waals surface area contributed by atoms with E-state index in [0.29, 0.717) is 44.1 Å². The van der Waals surface area contributed by atoms with Gasteiger partial charge in [-0.2, -0.15) is 0 Å². The van der Waals surface area contributed by atoms with Crippen LogP contribution < -0.4 is 26.8 Å². The van der Waals surface area contributed by atoms with Crippen LogP contribution in [0, 0.1) is 11.8 Å². The second kappa shape index (κ2) is 16.9. The third-order valence-corrected chi connectivity index (χ3v) is 16.8. The molecule has 5 N–H and O–H groups in total. The average molecular weight is 742 g/mol. The fourth-order valence-corrected chi connectivity index (χ4v) is 12.8. The highest BCUT2D eigenvalue weighted by Crippen LogP contribution is 2.45. The molecular weight excluding hydrogens is 680 g/mol. The number of likely N-dealkylation sites (tertiary alicyclic amines) is 1. The molecular formula is C33H62ClF2N7O3S2. The van der Waals surface area contributed by atoms with E-state index in [9.17, 15) is 8.42 Å². The van der Waals surface area contributed by atoms with Gasteiger partial charge in [0.25, 0.3) is 0 Å². The maximum absolute atomic E-state index is 16.1. The molecule has 12 unspecified atom stereocenters. The van der Waals surface area contributed by atoms with E-state index in [4.69, 9.17) is 16.3 Å². The van der Waals surface area contributed by atoms with Crippen LogP contribution in [-0.4, -0.2) is 128 Å². The van der Waals surface area contributed by atoms with Crippen molar-refractivity contribution in [2.24, 2.45) is 11.8 Å². The zero-order valence-corrected chi connectivity index (χ0v) is 32.2. The summed E-state index contributed by atoms with van der Waals surface area (Å²) in [5, 5.41) is 9.28. The van der Waals surface area contributed by atoms with Crippen molar-refractivity contribution in [3.63, 3.8) is 0 Å². The van der Waals surface area contributed by atoms with E-state index in [0.717, 1.165) is 38.9 Å². The van der Waals surface area contributed by atoms with Crippen LogP contribution in [0.5, 0.6) is 0 Å². The molecule has 5 rings (SSSR count). The van der Waals surface area contributed by atoms with Gasteiger partial charge in [0.05, 0.1) is 33.9 Å². The molecule has 2 saturated carbocycles. The number of hydrogen-bond acceptors (Lipinski definition) is 11. The van der Waals surface area contributed by atoms with Gasteiger partial charge >= 0.3 is 0 Å². The van der Waals surface area contributed by atoms with Crippen molar-refractivity contribution in [2.75, 3.05) is 40.8 Å². The second-order valence-electron chi connectivity index (χ2n) is 15.8. The Bertz CT molecular complexity index is 1140. The van der Waals surface area contributed by atoms with Gasteiger partial charge in [0.15, 0.2) is 9.84 Å². The van der Waals surface area contributed by atoms with Crippen molar-refractivity contribution in [3.05, 3.63) is 0 Å². The lowest BCUT2D eigenvalue weighted by molar-refractivity contribution is -0.0653. The van der Waals surface area contributed by atoms with Crippen molar-refractivity contribution in [1.82, 2.24) is 36.6 Å². The van der Waals surface area contributed by atoms with Gasteiger partial charge in [0.1, 0.15) is 23.9 Å². The Kier molecular flexibility index (Phi) is 13.8. The number of hydrogen-bond donors (Lipinski definition) is 5. The number of nitrogens with zero attached hydrogens (tertiary/aromatic N) is 2. The second-order valence-corrected chi connectivity index (χ2v) is 20.5. The summed E-state index contributed by atoms with van der Waals surface area (Å²) in [5.74, 6) is 0.0231. The third-order valence-electron chi connectivity index (χ3n) is 11.8. The van der Waals surface area contributed by atoms with Gasteiger partial charge in [0.2, 0.25) is 0 Å². The summed E-state index contributed by atoms with van der Waals surface area (Å²) in [4.78, 5) is 4.74. The summed E-state index contributed by atoms with van der Waals surface area (Å²) in [6.07, 6.45) is 3.79. The van der Waals surface area contributed by atoms with Crippen LogP contribution in [0.25, 0.3) is 0 Å². The first kappa shape index (κ1) is 39.3. The van der Waals surface area contributed by atoms with Crippen LogP contribution >= 0.6 is 23.4 Å². The molecule has 0 radical (unpaired) electrons. The smallest absolute Gasteiger partial charge is 0.158 e. The quantitative estimate of drug-likeness (QED) is 0.190. The topological polar surface area (TPSA) is 110 Å². The van der Waals surface area contributed by atoms with Gasteiger partial charge in [-0.3, -0.25) is 26.3 Å². The average Bonchev–Trinajstić information content (AvgIpc) is 3.46. The minimum absolute atomic E-state index is 0.0522. The van der Waals surface area contributed by atoms with Gasteiger partial charge < -0.3 is 9.64 Å². The number of halogens is 3.